The van der Waals surface area contributed by atoms with E-state index in [9.17, 15) is 14.7 Å². The molecule has 7 atom stereocenters. The fraction of sp³-hybridized carbons (Fsp3) is 0.895. The average Bonchev–Trinajstić information content (AvgIpc) is 2.77. The third kappa shape index (κ3) is 1.78. The molecular weight excluding hydrogens is 276 g/mol. The van der Waals surface area contributed by atoms with E-state index < -0.39 is 0 Å². The van der Waals surface area contributed by atoms with Gasteiger partial charge in [0.05, 0.1) is 6.10 Å². The summed E-state index contributed by atoms with van der Waals surface area (Å²) < 4.78 is 0. The average molecular weight is 304 g/mol. The minimum Gasteiger partial charge on any atom is -0.393 e. The lowest BCUT2D eigenvalue weighted by Gasteiger charge is -2.60. The molecule has 3 nitrogen and oxygen atoms in total. The number of Topliss-reactive ketones (excluding diaryl/α,β-unsaturated/α-hetero) is 2. The molecule has 0 amide bonds. The zero-order valence-corrected chi connectivity index (χ0v) is 13.8. The van der Waals surface area contributed by atoms with Gasteiger partial charge in [-0.05, 0) is 61.2 Å². The van der Waals surface area contributed by atoms with Crippen LogP contribution in [0.25, 0.3) is 0 Å². The highest BCUT2D eigenvalue weighted by atomic mass is 16.3. The van der Waals surface area contributed by atoms with Gasteiger partial charge in [0.15, 0.2) is 0 Å². The molecular formula is C19H28O3. The molecule has 0 heterocycles. The van der Waals surface area contributed by atoms with E-state index in [0.717, 1.165) is 32.1 Å². The van der Waals surface area contributed by atoms with Crippen molar-refractivity contribution >= 4 is 11.6 Å². The summed E-state index contributed by atoms with van der Waals surface area (Å²) in [6, 6.07) is 0. The predicted molar refractivity (Wildman–Crippen MR) is 83.1 cm³/mol. The Morgan fingerprint density at radius 3 is 2.59 bits per heavy atom. The molecule has 4 fully saturated rings. The molecule has 0 aromatic carbocycles. The summed E-state index contributed by atoms with van der Waals surface area (Å²) in [5.41, 5.74) is 0.0145. The molecule has 0 aromatic rings. The zero-order valence-electron chi connectivity index (χ0n) is 13.8. The van der Waals surface area contributed by atoms with Crippen molar-refractivity contribution in [1.82, 2.24) is 0 Å². The summed E-state index contributed by atoms with van der Waals surface area (Å²) >= 11 is 0. The molecule has 4 aliphatic rings. The molecule has 0 bridgehead atoms. The molecule has 0 aromatic heterocycles. The maximum absolute atomic E-state index is 12.4. The molecule has 122 valence electrons. The largest absolute Gasteiger partial charge is 0.393 e. The molecule has 0 saturated heterocycles. The van der Waals surface area contributed by atoms with Crippen LogP contribution in [-0.4, -0.2) is 22.8 Å². The van der Waals surface area contributed by atoms with Crippen molar-refractivity contribution in [2.75, 3.05) is 0 Å². The van der Waals surface area contributed by atoms with Crippen molar-refractivity contribution in [2.45, 2.75) is 71.3 Å². The second kappa shape index (κ2) is 4.66. The highest BCUT2D eigenvalue weighted by Gasteiger charge is 2.62. The van der Waals surface area contributed by atoms with Crippen molar-refractivity contribution in [2.24, 2.45) is 34.5 Å². The second-order valence-electron chi connectivity index (χ2n) is 8.96. The first-order valence-corrected chi connectivity index (χ1v) is 9.09. The van der Waals surface area contributed by atoms with Gasteiger partial charge in [-0.25, -0.2) is 0 Å². The quantitative estimate of drug-likeness (QED) is 0.748. The number of carbonyl (C=O) groups excluding carboxylic acids is 2. The standard InChI is InChI=1S/C19H28O3/c1-18-7-5-12(20)9-11(18)10-15(21)17-13-3-4-16(22)19(13,2)8-6-14(17)18/h11,13-15,17,21H,3-10H2,1-2H3/t11-,13+,14+,15+,17+,18+,19+/m1/s1. The van der Waals surface area contributed by atoms with Gasteiger partial charge in [-0.15, -0.1) is 0 Å². The zero-order chi connectivity index (χ0) is 15.7. The Bertz CT molecular complexity index is 527. The highest BCUT2D eigenvalue weighted by molar-refractivity contribution is 5.87. The van der Waals surface area contributed by atoms with Crippen molar-refractivity contribution < 1.29 is 14.7 Å². The van der Waals surface area contributed by atoms with E-state index >= 15 is 0 Å². The summed E-state index contributed by atoms with van der Waals surface area (Å²) in [7, 11) is 0. The Labute approximate surface area is 132 Å². The number of aliphatic hydroxyl groups is 1. The SMILES string of the molecule is C[C@]12CCC(=O)C[C@@H]1C[C@H](O)[C@@H]1[C@@H]2CC[C@]2(C)C(=O)CC[C@@H]12. The van der Waals surface area contributed by atoms with E-state index in [-0.39, 0.29) is 22.9 Å². The molecule has 22 heavy (non-hydrogen) atoms. The van der Waals surface area contributed by atoms with Gasteiger partial charge in [0, 0.05) is 24.7 Å². The summed E-state index contributed by atoms with van der Waals surface area (Å²) in [5, 5.41) is 10.9. The second-order valence-corrected chi connectivity index (χ2v) is 8.96. The lowest BCUT2D eigenvalue weighted by molar-refractivity contribution is -0.166. The monoisotopic (exact) mass is 304 g/mol. The Kier molecular flexibility index (Phi) is 3.15. The number of fused-ring (bicyclic) bond motifs is 5. The topological polar surface area (TPSA) is 54.4 Å². The third-order valence-corrected chi connectivity index (χ3v) is 8.21. The number of carbonyl (C=O) groups is 2. The van der Waals surface area contributed by atoms with Crippen LogP contribution in [0.1, 0.15) is 65.2 Å². The minimum atomic E-state index is -0.315. The molecule has 1 N–H and O–H groups in total. The van der Waals surface area contributed by atoms with E-state index in [4.69, 9.17) is 0 Å². The lowest BCUT2D eigenvalue weighted by atomic mass is 9.44. The Morgan fingerprint density at radius 1 is 1.05 bits per heavy atom. The fourth-order valence-electron chi connectivity index (χ4n) is 6.79. The van der Waals surface area contributed by atoms with E-state index in [2.05, 4.69) is 13.8 Å². The summed E-state index contributed by atoms with van der Waals surface area (Å²) in [6.07, 6.45) is 6.53. The molecule has 4 saturated carbocycles. The van der Waals surface area contributed by atoms with Crippen molar-refractivity contribution in [1.29, 1.82) is 0 Å². The smallest absolute Gasteiger partial charge is 0.139 e. The van der Waals surface area contributed by atoms with Gasteiger partial charge in [-0.1, -0.05) is 13.8 Å². The van der Waals surface area contributed by atoms with Gasteiger partial charge in [0.25, 0.3) is 0 Å². The number of hydrogen-bond acceptors (Lipinski definition) is 3. The lowest BCUT2D eigenvalue weighted by Crippen LogP contribution is -2.58. The van der Waals surface area contributed by atoms with Crippen LogP contribution in [0.3, 0.4) is 0 Å². The van der Waals surface area contributed by atoms with Crippen molar-refractivity contribution in [3.8, 4) is 0 Å². The van der Waals surface area contributed by atoms with Crippen molar-refractivity contribution in [3.05, 3.63) is 0 Å². The molecule has 3 heteroatoms. The summed E-state index contributed by atoms with van der Waals surface area (Å²) in [4.78, 5) is 24.3. The van der Waals surface area contributed by atoms with Crippen LogP contribution >= 0.6 is 0 Å². The minimum absolute atomic E-state index is 0.185. The van der Waals surface area contributed by atoms with E-state index in [1.165, 1.54) is 0 Å². The Balaban J connectivity index is 1.70. The summed E-state index contributed by atoms with van der Waals surface area (Å²) in [6.45, 7) is 4.52. The maximum Gasteiger partial charge on any atom is 0.139 e. The molecule has 0 aliphatic heterocycles. The van der Waals surface area contributed by atoms with Crippen LogP contribution < -0.4 is 0 Å². The van der Waals surface area contributed by atoms with Gasteiger partial charge in [-0.3, -0.25) is 9.59 Å². The number of aliphatic hydroxyl groups excluding tert-OH is 1. The van der Waals surface area contributed by atoms with Gasteiger partial charge in [-0.2, -0.15) is 0 Å². The van der Waals surface area contributed by atoms with Crippen LogP contribution in [0.2, 0.25) is 0 Å². The molecule has 4 aliphatic carbocycles. The highest BCUT2D eigenvalue weighted by Crippen LogP contribution is 2.65. The van der Waals surface area contributed by atoms with E-state index in [1.807, 2.05) is 0 Å². The number of ketones is 2. The first kappa shape index (κ1) is 14.9. The van der Waals surface area contributed by atoms with Crippen LogP contribution in [-0.2, 0) is 9.59 Å². The first-order valence-electron chi connectivity index (χ1n) is 9.09. The van der Waals surface area contributed by atoms with Crippen molar-refractivity contribution in [3.63, 3.8) is 0 Å². The Hall–Kier alpha value is -0.700. The predicted octanol–water partition coefficient (Wildman–Crippen LogP) is 3.14. The normalized spacial score (nSPS) is 54.6. The van der Waals surface area contributed by atoms with Crippen LogP contribution in [0, 0.1) is 34.5 Å². The molecule has 4 rings (SSSR count). The Morgan fingerprint density at radius 2 is 1.82 bits per heavy atom. The van der Waals surface area contributed by atoms with Gasteiger partial charge >= 0.3 is 0 Å². The number of hydrogen-bond donors (Lipinski definition) is 1. The summed E-state index contributed by atoms with van der Waals surface area (Å²) in [5.74, 6) is 2.30. The van der Waals surface area contributed by atoms with Crippen LogP contribution in [0.15, 0.2) is 0 Å². The molecule has 0 radical (unpaired) electrons. The molecule has 0 unspecified atom stereocenters. The first-order chi connectivity index (χ1) is 10.4. The van der Waals surface area contributed by atoms with Gasteiger partial charge in [0.1, 0.15) is 11.6 Å². The fourth-order valence-corrected chi connectivity index (χ4v) is 6.79. The van der Waals surface area contributed by atoms with Gasteiger partial charge in [0.2, 0.25) is 0 Å². The van der Waals surface area contributed by atoms with E-state index in [1.54, 1.807) is 0 Å². The third-order valence-electron chi connectivity index (χ3n) is 8.21. The maximum atomic E-state index is 12.4. The number of rotatable bonds is 0. The molecule has 0 spiro atoms. The van der Waals surface area contributed by atoms with Gasteiger partial charge < -0.3 is 5.11 Å². The van der Waals surface area contributed by atoms with Crippen LogP contribution in [0.4, 0.5) is 0 Å². The van der Waals surface area contributed by atoms with Crippen LogP contribution in [0.5, 0.6) is 0 Å². The van der Waals surface area contributed by atoms with E-state index in [0.29, 0.717) is 48.6 Å².